The highest BCUT2D eigenvalue weighted by atomic mass is 32.1. The lowest BCUT2D eigenvalue weighted by Gasteiger charge is -2.31. The molecule has 0 saturated carbocycles. The largest absolute Gasteiger partial charge is 0.382 e. The monoisotopic (exact) mass is 427 g/mol. The average molecular weight is 428 g/mol. The summed E-state index contributed by atoms with van der Waals surface area (Å²) in [7, 11) is 0. The molecule has 8 heteroatoms. The zero-order chi connectivity index (χ0) is 20.9. The summed E-state index contributed by atoms with van der Waals surface area (Å²) in [5.41, 5.74) is 3.26. The van der Waals surface area contributed by atoms with Gasteiger partial charge in [-0.2, -0.15) is 0 Å². The molecule has 7 nitrogen and oxygen atoms in total. The first-order valence-corrected chi connectivity index (χ1v) is 11.5. The number of fused-ring (bicyclic) bond motifs is 1. The van der Waals surface area contributed by atoms with Crippen molar-refractivity contribution in [2.45, 2.75) is 33.1 Å². The number of rotatable bonds is 8. The van der Waals surface area contributed by atoms with E-state index in [-0.39, 0.29) is 11.8 Å². The van der Waals surface area contributed by atoms with Gasteiger partial charge in [0.2, 0.25) is 16.0 Å². The Bertz CT molecular complexity index is 950. The van der Waals surface area contributed by atoms with Gasteiger partial charge in [-0.3, -0.25) is 4.79 Å². The van der Waals surface area contributed by atoms with Crippen LogP contribution in [0.4, 0.5) is 5.13 Å². The topological polar surface area (TPSA) is 71.8 Å². The van der Waals surface area contributed by atoms with Gasteiger partial charge in [-0.1, -0.05) is 41.2 Å². The molecule has 1 amide bonds. The number of amides is 1. The zero-order valence-corrected chi connectivity index (χ0v) is 18.5. The predicted molar refractivity (Wildman–Crippen MR) is 120 cm³/mol. The zero-order valence-electron chi connectivity index (χ0n) is 17.6. The van der Waals surface area contributed by atoms with E-state index in [1.807, 2.05) is 17.6 Å². The highest BCUT2D eigenvalue weighted by Crippen LogP contribution is 2.29. The SMILES string of the molecule is CCOCCCNC(=O)[C@@H]1CCCN(c2nn3cc(-c4ccc(C)cc4)nc3s2)C1. The van der Waals surface area contributed by atoms with Gasteiger partial charge in [0.25, 0.3) is 0 Å². The normalized spacial score (nSPS) is 16.9. The van der Waals surface area contributed by atoms with Gasteiger partial charge in [-0.05, 0) is 33.1 Å². The van der Waals surface area contributed by atoms with Gasteiger partial charge in [0.15, 0.2) is 0 Å². The molecule has 1 N–H and O–H groups in total. The minimum atomic E-state index is 0.00480. The number of piperidine rings is 1. The number of carbonyl (C=O) groups excluding carboxylic acids is 1. The van der Waals surface area contributed by atoms with E-state index in [4.69, 9.17) is 14.8 Å². The molecule has 1 aliphatic rings. The van der Waals surface area contributed by atoms with Crippen LogP contribution in [-0.2, 0) is 9.53 Å². The molecular formula is C22H29N5O2S. The maximum Gasteiger partial charge on any atom is 0.224 e. The predicted octanol–water partition coefficient (Wildman–Crippen LogP) is 3.53. The van der Waals surface area contributed by atoms with Crippen molar-refractivity contribution >= 4 is 27.3 Å². The molecule has 1 atom stereocenters. The van der Waals surface area contributed by atoms with Gasteiger partial charge < -0.3 is 15.0 Å². The molecule has 0 spiro atoms. The van der Waals surface area contributed by atoms with Gasteiger partial charge in [0.05, 0.1) is 17.8 Å². The van der Waals surface area contributed by atoms with Crippen LogP contribution in [0.3, 0.4) is 0 Å². The van der Waals surface area contributed by atoms with Gasteiger partial charge in [0, 0.05) is 38.4 Å². The number of ether oxygens (including phenoxy) is 1. The van der Waals surface area contributed by atoms with Gasteiger partial charge in [-0.15, -0.1) is 5.10 Å². The summed E-state index contributed by atoms with van der Waals surface area (Å²) in [5.74, 6) is 0.143. The van der Waals surface area contributed by atoms with Crippen molar-refractivity contribution in [2.75, 3.05) is 37.7 Å². The summed E-state index contributed by atoms with van der Waals surface area (Å²) < 4.78 is 7.18. The second-order valence-electron chi connectivity index (χ2n) is 7.73. The van der Waals surface area contributed by atoms with Crippen molar-refractivity contribution in [2.24, 2.45) is 5.92 Å². The molecule has 30 heavy (non-hydrogen) atoms. The number of hydrogen-bond acceptors (Lipinski definition) is 6. The first-order valence-electron chi connectivity index (χ1n) is 10.7. The Morgan fingerprint density at radius 1 is 1.33 bits per heavy atom. The highest BCUT2D eigenvalue weighted by molar-refractivity contribution is 7.20. The van der Waals surface area contributed by atoms with Crippen molar-refractivity contribution in [1.82, 2.24) is 19.9 Å². The summed E-state index contributed by atoms with van der Waals surface area (Å²) in [4.78, 5) is 20.4. The summed E-state index contributed by atoms with van der Waals surface area (Å²) >= 11 is 1.58. The van der Waals surface area contributed by atoms with Crippen LogP contribution in [-0.4, -0.2) is 53.4 Å². The van der Waals surface area contributed by atoms with Crippen molar-refractivity contribution in [3.63, 3.8) is 0 Å². The number of anilines is 1. The third-order valence-corrected chi connectivity index (χ3v) is 6.39. The van der Waals surface area contributed by atoms with E-state index in [9.17, 15) is 4.79 Å². The van der Waals surface area contributed by atoms with Crippen LogP contribution in [0.2, 0.25) is 0 Å². The smallest absolute Gasteiger partial charge is 0.224 e. The van der Waals surface area contributed by atoms with Crippen LogP contribution in [0.1, 0.15) is 31.7 Å². The minimum absolute atomic E-state index is 0.00480. The Kier molecular flexibility index (Phi) is 6.64. The third kappa shape index (κ3) is 4.82. The molecule has 1 fully saturated rings. The summed E-state index contributed by atoms with van der Waals surface area (Å²) in [6.07, 6.45) is 4.75. The maximum atomic E-state index is 12.5. The van der Waals surface area contributed by atoms with E-state index in [0.29, 0.717) is 19.7 Å². The van der Waals surface area contributed by atoms with Crippen LogP contribution in [0.25, 0.3) is 16.2 Å². The van der Waals surface area contributed by atoms with E-state index in [1.165, 1.54) is 5.56 Å². The van der Waals surface area contributed by atoms with Crippen molar-refractivity contribution in [3.8, 4) is 11.3 Å². The molecular weight excluding hydrogens is 398 g/mol. The Balaban J connectivity index is 1.38. The van der Waals surface area contributed by atoms with Crippen molar-refractivity contribution < 1.29 is 9.53 Å². The fourth-order valence-electron chi connectivity index (χ4n) is 3.72. The van der Waals surface area contributed by atoms with Gasteiger partial charge in [0.1, 0.15) is 0 Å². The number of aromatic nitrogens is 3. The molecule has 0 unspecified atom stereocenters. The van der Waals surface area contributed by atoms with E-state index >= 15 is 0 Å². The van der Waals surface area contributed by atoms with Crippen LogP contribution in [0.15, 0.2) is 30.5 Å². The van der Waals surface area contributed by atoms with E-state index in [1.54, 1.807) is 11.3 Å². The highest BCUT2D eigenvalue weighted by Gasteiger charge is 2.27. The van der Waals surface area contributed by atoms with Crippen LogP contribution >= 0.6 is 11.3 Å². The van der Waals surface area contributed by atoms with Crippen LogP contribution in [0.5, 0.6) is 0 Å². The number of imidazole rings is 1. The number of carbonyl (C=O) groups is 1. The second kappa shape index (κ2) is 9.57. The Hall–Kier alpha value is -2.45. The van der Waals surface area contributed by atoms with E-state index < -0.39 is 0 Å². The molecule has 1 saturated heterocycles. The number of aryl methyl sites for hydroxylation is 1. The molecule has 1 aromatic carbocycles. The fourth-order valence-corrected chi connectivity index (χ4v) is 4.64. The molecule has 3 aromatic rings. The number of nitrogens with one attached hydrogen (secondary N) is 1. The summed E-state index contributed by atoms with van der Waals surface area (Å²) in [5, 5.41) is 8.73. The second-order valence-corrected chi connectivity index (χ2v) is 8.67. The quantitative estimate of drug-likeness (QED) is 0.557. The molecule has 2 aromatic heterocycles. The maximum absolute atomic E-state index is 12.5. The van der Waals surface area contributed by atoms with Crippen molar-refractivity contribution in [1.29, 1.82) is 0 Å². The minimum Gasteiger partial charge on any atom is -0.382 e. The lowest BCUT2D eigenvalue weighted by molar-refractivity contribution is -0.125. The number of hydrogen-bond donors (Lipinski definition) is 1. The Morgan fingerprint density at radius 3 is 2.93 bits per heavy atom. The summed E-state index contributed by atoms with van der Waals surface area (Å²) in [6.45, 7) is 7.77. The molecule has 0 radical (unpaired) electrons. The molecule has 1 aliphatic heterocycles. The fraction of sp³-hybridized carbons (Fsp3) is 0.500. The number of nitrogens with zero attached hydrogens (tertiary/aromatic N) is 4. The van der Waals surface area contributed by atoms with Crippen molar-refractivity contribution in [3.05, 3.63) is 36.0 Å². The first kappa shape index (κ1) is 20.8. The molecule has 0 bridgehead atoms. The van der Waals surface area contributed by atoms with E-state index in [0.717, 1.165) is 53.8 Å². The third-order valence-electron chi connectivity index (χ3n) is 5.41. The average Bonchev–Trinajstić information content (AvgIpc) is 3.34. The molecule has 3 heterocycles. The Morgan fingerprint density at radius 2 is 2.17 bits per heavy atom. The lowest BCUT2D eigenvalue weighted by Crippen LogP contribution is -2.43. The molecule has 0 aliphatic carbocycles. The van der Waals surface area contributed by atoms with Crippen LogP contribution < -0.4 is 10.2 Å². The molecule has 4 rings (SSSR count). The lowest BCUT2D eigenvalue weighted by atomic mass is 9.97. The Labute approximate surface area is 181 Å². The standard InChI is InChI=1S/C22H29N5O2S/c1-3-29-13-5-11-23-20(28)18-6-4-12-26(14-18)22-25-27-15-19(24-21(27)30-22)17-9-7-16(2)8-10-17/h7-10,15,18H,3-6,11-14H2,1-2H3,(H,23,28)/t18-/m1/s1. The number of benzene rings is 1. The van der Waals surface area contributed by atoms with E-state index in [2.05, 4.69) is 41.4 Å². The van der Waals surface area contributed by atoms with Gasteiger partial charge in [-0.25, -0.2) is 9.50 Å². The van der Waals surface area contributed by atoms with Crippen LogP contribution in [0, 0.1) is 12.8 Å². The first-order chi connectivity index (χ1) is 14.6. The van der Waals surface area contributed by atoms with Gasteiger partial charge >= 0.3 is 0 Å². The molecule has 160 valence electrons. The summed E-state index contributed by atoms with van der Waals surface area (Å²) in [6, 6.07) is 8.37.